The molecule has 1 fully saturated rings. The fourth-order valence-corrected chi connectivity index (χ4v) is 1.98. The molecule has 0 bridgehead atoms. The van der Waals surface area contributed by atoms with Crippen LogP contribution in [0.3, 0.4) is 0 Å². The number of fused-ring (bicyclic) bond motifs is 1. The maximum atomic E-state index is 12.1. The van der Waals surface area contributed by atoms with Gasteiger partial charge in [0.1, 0.15) is 0 Å². The lowest BCUT2D eigenvalue weighted by molar-refractivity contribution is -0.135. The number of barbiturate groups is 1. The topological polar surface area (TPSA) is 138 Å². The Balaban J connectivity index is 2.03. The highest BCUT2D eigenvalue weighted by atomic mass is 16.2. The molecule has 0 radical (unpaired) electrons. The second-order valence-corrected chi connectivity index (χ2v) is 3.98. The molecule has 2 N–H and O–H groups in total. The van der Waals surface area contributed by atoms with Gasteiger partial charge in [-0.2, -0.15) is 5.10 Å². The van der Waals surface area contributed by atoms with Crippen molar-refractivity contribution in [3.05, 3.63) is 23.5 Å². The second kappa shape index (κ2) is 3.91. The van der Waals surface area contributed by atoms with Crippen LogP contribution in [0.4, 0.5) is 4.79 Å². The van der Waals surface area contributed by atoms with Gasteiger partial charge in [0.15, 0.2) is 11.7 Å². The smallest absolute Gasteiger partial charge is 0.275 e. The molecular weight excluding hydrogens is 270 g/mol. The molecule has 20 heavy (non-hydrogen) atoms. The van der Waals surface area contributed by atoms with Gasteiger partial charge in [0.05, 0.1) is 11.8 Å². The van der Waals surface area contributed by atoms with Gasteiger partial charge in [-0.05, 0) is 6.07 Å². The molecule has 2 aliphatic rings. The molecule has 10 nitrogen and oxygen atoms in total. The van der Waals surface area contributed by atoms with Crippen molar-refractivity contribution in [3.8, 4) is 0 Å². The summed E-state index contributed by atoms with van der Waals surface area (Å²) in [7, 11) is 0. The van der Waals surface area contributed by atoms with Crippen molar-refractivity contribution in [3.63, 3.8) is 0 Å². The molecule has 10 heteroatoms. The number of carbonyl (C=O) groups excluding carboxylic acids is 5. The predicted molar refractivity (Wildman–Crippen MR) is 58.0 cm³/mol. The first-order valence-electron chi connectivity index (χ1n) is 5.36. The van der Waals surface area contributed by atoms with Crippen LogP contribution in [0.15, 0.2) is 12.3 Å². The van der Waals surface area contributed by atoms with Crippen LogP contribution in [-0.4, -0.2) is 50.8 Å². The van der Waals surface area contributed by atoms with E-state index in [-0.39, 0.29) is 11.3 Å². The van der Waals surface area contributed by atoms with E-state index in [4.69, 9.17) is 0 Å². The summed E-state index contributed by atoms with van der Waals surface area (Å²) in [6.45, 7) is 0. The van der Waals surface area contributed by atoms with E-state index < -0.39 is 35.7 Å². The number of nitrogens with zero attached hydrogens (tertiary/aromatic N) is 3. The summed E-state index contributed by atoms with van der Waals surface area (Å²) >= 11 is 0. The number of carbonyl (C=O) groups is 5. The molecule has 1 aromatic heterocycles. The maximum Gasteiger partial charge on any atom is 0.328 e. The lowest BCUT2D eigenvalue weighted by atomic mass is 10.2. The van der Waals surface area contributed by atoms with Gasteiger partial charge in [-0.25, -0.2) is 4.79 Å². The fraction of sp³-hybridized carbons (Fsp3) is 0.100. The van der Waals surface area contributed by atoms with Crippen molar-refractivity contribution in [2.24, 2.45) is 0 Å². The van der Waals surface area contributed by atoms with Crippen molar-refractivity contribution in [1.29, 1.82) is 0 Å². The molecule has 1 aromatic rings. The molecule has 0 atom stereocenters. The van der Waals surface area contributed by atoms with E-state index in [1.165, 1.54) is 12.3 Å². The zero-order valence-electron chi connectivity index (χ0n) is 9.61. The second-order valence-electron chi connectivity index (χ2n) is 3.98. The van der Waals surface area contributed by atoms with Crippen LogP contribution in [0.25, 0.3) is 0 Å². The maximum absolute atomic E-state index is 12.1. The van der Waals surface area contributed by atoms with E-state index in [1.807, 2.05) is 10.6 Å². The van der Waals surface area contributed by atoms with E-state index >= 15 is 0 Å². The Labute approximate surface area is 110 Å². The summed E-state index contributed by atoms with van der Waals surface area (Å²) in [4.78, 5) is 58.9. The Morgan fingerprint density at radius 1 is 1.00 bits per heavy atom. The van der Waals surface area contributed by atoms with Gasteiger partial charge >= 0.3 is 6.03 Å². The Kier molecular flexibility index (Phi) is 2.33. The molecule has 1 saturated heterocycles. The van der Waals surface area contributed by atoms with Crippen molar-refractivity contribution in [2.75, 3.05) is 0 Å². The summed E-state index contributed by atoms with van der Waals surface area (Å²) in [5.74, 6) is -3.87. The van der Waals surface area contributed by atoms with Crippen LogP contribution >= 0.6 is 0 Å². The van der Waals surface area contributed by atoms with Crippen molar-refractivity contribution < 1.29 is 24.0 Å². The number of amides is 6. The Hall–Kier alpha value is -3.17. The average Bonchev–Trinajstić information content (AvgIpc) is 2.64. The largest absolute Gasteiger partial charge is 0.328 e. The molecule has 0 aromatic carbocycles. The third-order valence-electron chi connectivity index (χ3n) is 2.82. The summed E-state index contributed by atoms with van der Waals surface area (Å²) in [5.41, 5.74) is -0.294. The van der Waals surface area contributed by atoms with E-state index in [1.54, 1.807) is 0 Å². The fourth-order valence-electron chi connectivity index (χ4n) is 1.98. The van der Waals surface area contributed by atoms with Crippen molar-refractivity contribution in [1.82, 2.24) is 25.7 Å². The van der Waals surface area contributed by atoms with Gasteiger partial charge in [-0.1, -0.05) is 0 Å². The van der Waals surface area contributed by atoms with E-state index in [2.05, 4.69) is 10.2 Å². The Bertz CT molecular complexity index is 644. The third kappa shape index (κ3) is 1.48. The van der Waals surface area contributed by atoms with Gasteiger partial charge in [-0.15, -0.1) is 5.10 Å². The lowest BCUT2D eigenvalue weighted by Crippen LogP contribution is -2.65. The van der Waals surface area contributed by atoms with Crippen molar-refractivity contribution in [2.45, 2.75) is 6.04 Å². The monoisotopic (exact) mass is 275 g/mol. The first-order chi connectivity index (χ1) is 9.50. The minimum absolute atomic E-state index is 0.0532. The first-order valence-corrected chi connectivity index (χ1v) is 5.36. The predicted octanol–water partition coefficient (Wildman–Crippen LogP) is -2.19. The highest BCUT2D eigenvalue weighted by molar-refractivity contribution is 6.28. The minimum Gasteiger partial charge on any atom is -0.275 e. The summed E-state index contributed by atoms with van der Waals surface area (Å²) in [6, 6.07) is -1.50. The Morgan fingerprint density at radius 2 is 1.65 bits per heavy atom. The molecule has 100 valence electrons. The number of hydrogen-bond donors (Lipinski definition) is 2. The van der Waals surface area contributed by atoms with Crippen LogP contribution in [0.2, 0.25) is 0 Å². The van der Waals surface area contributed by atoms with Crippen LogP contribution < -0.4 is 10.6 Å². The number of rotatable bonds is 1. The molecule has 0 saturated carbocycles. The quantitative estimate of drug-likeness (QED) is 0.438. The SMILES string of the molecule is O=C1NC(=O)C(N2C(=O)c3ccnnc3C2=O)C(=O)N1. The molecular formula is C10H5N5O5. The number of aromatic nitrogens is 2. The van der Waals surface area contributed by atoms with Crippen LogP contribution in [0.1, 0.15) is 20.8 Å². The number of hydrogen-bond acceptors (Lipinski definition) is 7. The molecule has 0 unspecified atom stereocenters. The summed E-state index contributed by atoms with van der Waals surface area (Å²) in [6.07, 6.45) is 1.21. The summed E-state index contributed by atoms with van der Waals surface area (Å²) < 4.78 is 0. The molecule has 6 amide bonds. The zero-order valence-corrected chi connectivity index (χ0v) is 9.61. The molecule has 2 aliphatic heterocycles. The van der Waals surface area contributed by atoms with Gasteiger partial charge in [0.25, 0.3) is 23.6 Å². The van der Waals surface area contributed by atoms with E-state index in [0.717, 1.165) is 0 Å². The highest BCUT2D eigenvalue weighted by Gasteiger charge is 2.49. The van der Waals surface area contributed by atoms with E-state index in [9.17, 15) is 24.0 Å². The summed E-state index contributed by atoms with van der Waals surface area (Å²) in [5, 5.41) is 10.6. The lowest BCUT2D eigenvalue weighted by Gasteiger charge is -2.26. The van der Waals surface area contributed by atoms with E-state index in [0.29, 0.717) is 4.90 Å². The standard InChI is InChI=1S/C10H5N5O5/c16-6-5(7(17)13-10(20)12-6)15-8(18)3-1-2-11-14-4(3)9(15)19/h1-2,5H,(H2,12,13,16,17,20). The van der Waals surface area contributed by atoms with Crippen molar-refractivity contribution >= 4 is 29.7 Å². The van der Waals surface area contributed by atoms with Gasteiger partial charge in [0, 0.05) is 0 Å². The first kappa shape index (κ1) is 11.9. The average molecular weight is 275 g/mol. The van der Waals surface area contributed by atoms with Gasteiger partial charge in [-0.3, -0.25) is 34.7 Å². The zero-order chi connectivity index (χ0) is 14.4. The number of nitrogens with one attached hydrogen (secondary N) is 2. The number of urea groups is 1. The van der Waals surface area contributed by atoms with Crippen LogP contribution in [-0.2, 0) is 9.59 Å². The van der Waals surface area contributed by atoms with Gasteiger partial charge < -0.3 is 0 Å². The molecule has 0 spiro atoms. The van der Waals surface area contributed by atoms with Crippen LogP contribution in [0, 0.1) is 0 Å². The highest BCUT2D eigenvalue weighted by Crippen LogP contribution is 2.22. The third-order valence-corrected chi connectivity index (χ3v) is 2.82. The molecule has 0 aliphatic carbocycles. The Morgan fingerprint density at radius 3 is 2.25 bits per heavy atom. The number of imide groups is 3. The normalized spacial score (nSPS) is 19.0. The minimum atomic E-state index is -1.75. The molecule has 3 heterocycles. The van der Waals surface area contributed by atoms with Gasteiger partial charge in [0.2, 0.25) is 0 Å². The van der Waals surface area contributed by atoms with Crippen LogP contribution in [0.5, 0.6) is 0 Å². The molecule has 3 rings (SSSR count).